The lowest BCUT2D eigenvalue weighted by atomic mass is 10.1. The molecule has 120 valence electrons. The van der Waals surface area contributed by atoms with Gasteiger partial charge in [-0.15, -0.1) is 0 Å². The van der Waals surface area contributed by atoms with Gasteiger partial charge in [0.2, 0.25) is 0 Å². The van der Waals surface area contributed by atoms with E-state index >= 15 is 0 Å². The fraction of sp³-hybridized carbons (Fsp3) is 0.267. The average molecular weight is 336 g/mol. The Kier molecular flexibility index (Phi) is 4.31. The number of aromatic nitrogens is 2. The molecule has 2 heterocycles. The van der Waals surface area contributed by atoms with Crippen LogP contribution in [0.1, 0.15) is 10.5 Å². The molecule has 1 aromatic carbocycles. The molecule has 1 amide bonds. The number of nitrogens with one attached hydrogen (secondary N) is 1. The van der Waals surface area contributed by atoms with Gasteiger partial charge in [-0.1, -0.05) is 29.8 Å². The highest BCUT2D eigenvalue weighted by atomic mass is 35.5. The van der Waals surface area contributed by atoms with Gasteiger partial charge in [0, 0.05) is 12.1 Å². The minimum absolute atomic E-state index is 0.00854. The summed E-state index contributed by atoms with van der Waals surface area (Å²) in [4.78, 5) is 24.9. The summed E-state index contributed by atoms with van der Waals surface area (Å²) in [6.45, 7) is 0.534. The summed E-state index contributed by atoms with van der Waals surface area (Å²) in [5.41, 5.74) is 1.56. The van der Waals surface area contributed by atoms with Crippen molar-refractivity contribution >= 4 is 23.5 Å². The zero-order valence-corrected chi connectivity index (χ0v) is 12.8. The van der Waals surface area contributed by atoms with Crippen molar-refractivity contribution in [3.05, 3.63) is 41.0 Å². The lowest BCUT2D eigenvalue weighted by Crippen LogP contribution is -2.48. The number of carbonyl (C=O) groups is 2. The number of carboxylic acids is 1. The van der Waals surface area contributed by atoms with E-state index in [9.17, 15) is 9.59 Å². The second-order valence-electron chi connectivity index (χ2n) is 5.10. The van der Waals surface area contributed by atoms with Crippen molar-refractivity contribution < 1.29 is 19.4 Å². The number of halogens is 1. The highest BCUT2D eigenvalue weighted by Crippen LogP contribution is 2.26. The lowest BCUT2D eigenvalue weighted by Gasteiger charge is -2.30. The molecule has 0 aliphatic carbocycles. The normalized spacial score (nSPS) is 18.0. The predicted octanol–water partition coefficient (Wildman–Crippen LogP) is 1.66. The van der Waals surface area contributed by atoms with Crippen LogP contribution in [0.5, 0.6) is 0 Å². The van der Waals surface area contributed by atoms with Crippen molar-refractivity contribution in [1.82, 2.24) is 15.1 Å². The van der Waals surface area contributed by atoms with Crippen LogP contribution in [0.25, 0.3) is 11.3 Å². The molecule has 8 heteroatoms. The maximum absolute atomic E-state index is 12.5. The van der Waals surface area contributed by atoms with E-state index in [0.29, 0.717) is 17.3 Å². The zero-order valence-electron chi connectivity index (χ0n) is 12.0. The number of nitrogens with zero attached hydrogens (tertiary/aromatic N) is 2. The van der Waals surface area contributed by atoms with E-state index in [1.54, 1.807) is 12.1 Å². The molecular weight excluding hydrogens is 322 g/mol. The van der Waals surface area contributed by atoms with E-state index in [-0.39, 0.29) is 24.8 Å². The monoisotopic (exact) mass is 335 g/mol. The summed E-state index contributed by atoms with van der Waals surface area (Å²) in [7, 11) is 0. The molecule has 2 aromatic rings. The fourth-order valence-corrected chi connectivity index (χ4v) is 2.62. The zero-order chi connectivity index (χ0) is 16.4. The van der Waals surface area contributed by atoms with Crippen molar-refractivity contribution in [2.45, 2.75) is 6.10 Å². The van der Waals surface area contributed by atoms with Gasteiger partial charge in [-0.3, -0.25) is 9.89 Å². The Morgan fingerprint density at radius 3 is 2.91 bits per heavy atom. The van der Waals surface area contributed by atoms with Gasteiger partial charge in [0.15, 0.2) is 6.10 Å². The Morgan fingerprint density at radius 2 is 2.17 bits per heavy atom. The van der Waals surface area contributed by atoms with Crippen LogP contribution in [0.3, 0.4) is 0 Å². The average Bonchev–Trinajstić information content (AvgIpc) is 3.04. The third kappa shape index (κ3) is 3.20. The number of hydrogen-bond donors (Lipinski definition) is 2. The largest absolute Gasteiger partial charge is 0.479 e. The van der Waals surface area contributed by atoms with Crippen molar-refractivity contribution in [3.63, 3.8) is 0 Å². The lowest BCUT2D eigenvalue weighted by molar-refractivity contribution is -0.154. The molecule has 1 aliphatic heterocycles. The van der Waals surface area contributed by atoms with Crippen LogP contribution < -0.4 is 0 Å². The van der Waals surface area contributed by atoms with Gasteiger partial charge in [-0.2, -0.15) is 5.10 Å². The molecule has 1 aromatic heterocycles. The SMILES string of the molecule is O=C(O)C1CN(C(=O)c2cc(-c3ccccc3Cl)n[nH]2)CCO1. The van der Waals surface area contributed by atoms with Crippen molar-refractivity contribution in [1.29, 1.82) is 0 Å². The molecule has 3 rings (SSSR count). The number of carboxylic acid groups (broad SMARTS) is 1. The number of hydrogen-bond acceptors (Lipinski definition) is 4. The molecule has 1 fully saturated rings. The molecule has 2 N–H and O–H groups in total. The summed E-state index contributed by atoms with van der Waals surface area (Å²) in [5.74, 6) is -1.39. The molecule has 1 atom stereocenters. The van der Waals surface area contributed by atoms with Crippen LogP contribution in [0.2, 0.25) is 5.02 Å². The number of morpholine rings is 1. The van der Waals surface area contributed by atoms with E-state index < -0.39 is 12.1 Å². The van der Waals surface area contributed by atoms with Crippen molar-refractivity contribution in [2.24, 2.45) is 0 Å². The number of aromatic amines is 1. The summed E-state index contributed by atoms with van der Waals surface area (Å²) in [6.07, 6.45) is -1.00. The number of carbonyl (C=O) groups excluding carboxylic acids is 1. The predicted molar refractivity (Wildman–Crippen MR) is 82.3 cm³/mol. The Balaban J connectivity index is 1.79. The second kappa shape index (κ2) is 6.39. The van der Waals surface area contributed by atoms with E-state index in [1.165, 1.54) is 4.90 Å². The molecule has 0 bridgehead atoms. The molecule has 1 aliphatic rings. The minimum atomic E-state index is -1.08. The standard InChI is InChI=1S/C15H14ClN3O4/c16-10-4-2-1-3-9(10)11-7-12(18-17-11)14(20)19-5-6-23-13(8-19)15(21)22/h1-4,7,13H,5-6,8H2,(H,17,18)(H,21,22). The van der Waals surface area contributed by atoms with Crippen LogP contribution in [-0.4, -0.2) is 57.9 Å². The molecule has 1 unspecified atom stereocenters. The first-order chi connectivity index (χ1) is 11.1. The maximum Gasteiger partial charge on any atom is 0.334 e. The van der Waals surface area contributed by atoms with E-state index in [0.717, 1.165) is 5.56 Å². The first kappa shape index (κ1) is 15.5. The van der Waals surface area contributed by atoms with Crippen molar-refractivity contribution in [2.75, 3.05) is 19.7 Å². The third-order valence-corrected chi connectivity index (χ3v) is 3.92. The van der Waals surface area contributed by atoms with Gasteiger partial charge >= 0.3 is 5.97 Å². The summed E-state index contributed by atoms with van der Waals surface area (Å²) in [6, 6.07) is 8.80. The number of aliphatic carboxylic acids is 1. The second-order valence-corrected chi connectivity index (χ2v) is 5.50. The van der Waals surface area contributed by atoms with E-state index in [2.05, 4.69) is 10.2 Å². The Labute approximate surface area is 136 Å². The van der Waals surface area contributed by atoms with Gasteiger partial charge in [-0.25, -0.2) is 4.79 Å². The Bertz CT molecular complexity index is 746. The summed E-state index contributed by atoms with van der Waals surface area (Å²) in [5, 5.41) is 16.3. The molecule has 1 saturated heterocycles. The number of ether oxygens (including phenoxy) is 1. The summed E-state index contributed by atoms with van der Waals surface area (Å²) >= 11 is 6.12. The number of H-pyrrole nitrogens is 1. The molecule has 0 spiro atoms. The van der Waals surface area contributed by atoms with Gasteiger partial charge in [0.1, 0.15) is 5.69 Å². The molecule has 7 nitrogen and oxygen atoms in total. The highest BCUT2D eigenvalue weighted by molar-refractivity contribution is 6.33. The smallest absolute Gasteiger partial charge is 0.334 e. The van der Waals surface area contributed by atoms with Crippen LogP contribution in [0.4, 0.5) is 0 Å². The van der Waals surface area contributed by atoms with Crippen LogP contribution in [0.15, 0.2) is 30.3 Å². The molecule has 23 heavy (non-hydrogen) atoms. The minimum Gasteiger partial charge on any atom is -0.479 e. The van der Waals surface area contributed by atoms with Gasteiger partial charge in [0.05, 0.1) is 23.9 Å². The van der Waals surface area contributed by atoms with Crippen LogP contribution in [0, 0.1) is 0 Å². The van der Waals surface area contributed by atoms with E-state index in [1.807, 2.05) is 18.2 Å². The van der Waals surface area contributed by atoms with Crippen LogP contribution in [-0.2, 0) is 9.53 Å². The fourth-order valence-electron chi connectivity index (χ4n) is 2.39. The van der Waals surface area contributed by atoms with Gasteiger partial charge < -0.3 is 14.7 Å². The first-order valence-electron chi connectivity index (χ1n) is 7.00. The van der Waals surface area contributed by atoms with E-state index in [4.69, 9.17) is 21.4 Å². The van der Waals surface area contributed by atoms with Gasteiger partial charge in [-0.05, 0) is 12.1 Å². The Morgan fingerprint density at radius 1 is 1.39 bits per heavy atom. The van der Waals surface area contributed by atoms with Crippen LogP contribution >= 0.6 is 11.6 Å². The summed E-state index contributed by atoms with van der Waals surface area (Å²) < 4.78 is 5.11. The maximum atomic E-state index is 12.5. The number of benzene rings is 1. The number of rotatable bonds is 3. The molecule has 0 saturated carbocycles. The van der Waals surface area contributed by atoms with Crippen molar-refractivity contribution in [3.8, 4) is 11.3 Å². The molecule has 0 radical (unpaired) electrons. The Hall–Kier alpha value is -2.38. The number of amides is 1. The first-order valence-corrected chi connectivity index (χ1v) is 7.38. The van der Waals surface area contributed by atoms with Gasteiger partial charge in [0.25, 0.3) is 5.91 Å². The third-order valence-electron chi connectivity index (χ3n) is 3.59. The molecular formula is C15H14ClN3O4. The highest BCUT2D eigenvalue weighted by Gasteiger charge is 2.30. The topological polar surface area (TPSA) is 95.5 Å². The quantitative estimate of drug-likeness (QED) is 0.889.